The molecule has 0 aliphatic heterocycles. The largest absolute Gasteiger partial charge is 0.466 e. The molecule has 1 aliphatic rings. The summed E-state index contributed by atoms with van der Waals surface area (Å²) < 4.78 is 4.77. The predicted octanol–water partition coefficient (Wildman–Crippen LogP) is 2.50. The van der Waals surface area contributed by atoms with E-state index in [4.69, 9.17) is 17.0 Å². The molecule has 26 heavy (non-hydrogen) atoms. The molecule has 1 aromatic rings. The Morgan fingerprint density at radius 3 is 2.42 bits per heavy atom. The first-order valence-corrected chi connectivity index (χ1v) is 8.98. The minimum Gasteiger partial charge on any atom is -0.466 e. The monoisotopic (exact) mass is 377 g/mol. The number of esters is 1. The smallest absolute Gasteiger partial charge is 0.306 e. The third kappa shape index (κ3) is 6.11. The summed E-state index contributed by atoms with van der Waals surface area (Å²) in [5.41, 5.74) is 2.22. The summed E-state index contributed by atoms with van der Waals surface area (Å²) in [6.07, 6.45) is 1.87. The van der Waals surface area contributed by atoms with Crippen molar-refractivity contribution < 1.29 is 19.1 Å². The minimum absolute atomic E-state index is 0.00286. The van der Waals surface area contributed by atoms with E-state index in [1.165, 1.54) is 0 Å². The van der Waals surface area contributed by atoms with Gasteiger partial charge in [0.2, 0.25) is 11.8 Å². The maximum atomic E-state index is 11.9. The van der Waals surface area contributed by atoms with E-state index in [-0.39, 0.29) is 42.3 Å². The Morgan fingerprint density at radius 2 is 1.81 bits per heavy atom. The number of nitrogens with one attached hydrogen (secondary N) is 3. The highest BCUT2D eigenvalue weighted by Crippen LogP contribution is 2.31. The second-order valence-electron chi connectivity index (χ2n) is 6.05. The van der Waals surface area contributed by atoms with Crippen LogP contribution in [0.2, 0.25) is 0 Å². The number of carbonyl (C=O) groups is 3. The van der Waals surface area contributed by atoms with Crippen LogP contribution in [0.4, 0.5) is 11.4 Å². The van der Waals surface area contributed by atoms with Crippen molar-refractivity contribution in [1.82, 2.24) is 5.32 Å². The van der Waals surface area contributed by atoms with Crippen molar-refractivity contribution in [3.05, 3.63) is 23.8 Å². The second-order valence-corrected chi connectivity index (χ2v) is 6.46. The summed E-state index contributed by atoms with van der Waals surface area (Å²) in [4.78, 5) is 35.0. The van der Waals surface area contributed by atoms with Gasteiger partial charge in [-0.1, -0.05) is 6.07 Å². The van der Waals surface area contributed by atoms with E-state index in [1.54, 1.807) is 19.1 Å². The molecule has 1 aliphatic carbocycles. The lowest BCUT2D eigenvalue weighted by molar-refractivity contribution is -0.144. The molecular weight excluding hydrogens is 354 g/mol. The number of anilines is 2. The Labute approximate surface area is 157 Å². The zero-order valence-corrected chi connectivity index (χ0v) is 15.7. The van der Waals surface area contributed by atoms with Crippen LogP contribution in [-0.2, 0) is 19.1 Å². The molecule has 0 saturated heterocycles. The van der Waals surface area contributed by atoms with Crippen molar-refractivity contribution in [3.8, 4) is 0 Å². The van der Waals surface area contributed by atoms with Crippen LogP contribution in [0.3, 0.4) is 0 Å². The van der Waals surface area contributed by atoms with Gasteiger partial charge in [-0.05, 0) is 56.6 Å². The number of hydrogen-bond acceptors (Lipinski definition) is 5. The van der Waals surface area contributed by atoms with Crippen LogP contribution in [0.15, 0.2) is 18.2 Å². The molecular formula is C18H23N3O4S. The zero-order valence-electron chi connectivity index (χ0n) is 14.9. The quantitative estimate of drug-likeness (QED) is 0.499. The normalized spacial score (nSPS) is 12.8. The van der Waals surface area contributed by atoms with Crippen molar-refractivity contribution >= 4 is 46.5 Å². The summed E-state index contributed by atoms with van der Waals surface area (Å²) in [6.45, 7) is 3.85. The molecule has 140 valence electrons. The Bertz CT molecular complexity index is 716. The summed E-state index contributed by atoms with van der Waals surface area (Å²) in [5.74, 6) is -0.645. The van der Waals surface area contributed by atoms with Crippen LogP contribution < -0.4 is 16.0 Å². The number of hydrogen-bond donors (Lipinski definition) is 3. The van der Waals surface area contributed by atoms with Crippen molar-refractivity contribution in [2.45, 2.75) is 39.5 Å². The van der Waals surface area contributed by atoms with E-state index in [9.17, 15) is 14.4 Å². The van der Waals surface area contributed by atoms with E-state index in [0.29, 0.717) is 11.4 Å². The van der Waals surface area contributed by atoms with Gasteiger partial charge in [0.25, 0.3) is 0 Å². The zero-order chi connectivity index (χ0) is 19.1. The lowest BCUT2D eigenvalue weighted by Gasteiger charge is -2.15. The van der Waals surface area contributed by atoms with Gasteiger partial charge in [0.15, 0.2) is 5.11 Å². The van der Waals surface area contributed by atoms with Gasteiger partial charge in [-0.25, -0.2) is 0 Å². The van der Waals surface area contributed by atoms with Gasteiger partial charge in [-0.3, -0.25) is 14.4 Å². The topological polar surface area (TPSA) is 96.5 Å². The van der Waals surface area contributed by atoms with E-state index in [2.05, 4.69) is 16.0 Å². The minimum atomic E-state index is -0.420. The molecule has 0 aromatic heterocycles. The number of benzene rings is 1. The van der Waals surface area contributed by atoms with Gasteiger partial charge in [0.1, 0.15) is 0 Å². The lowest BCUT2D eigenvalue weighted by Crippen LogP contribution is -2.34. The van der Waals surface area contributed by atoms with E-state index in [0.717, 1.165) is 18.4 Å². The first-order chi connectivity index (χ1) is 12.4. The van der Waals surface area contributed by atoms with Crippen LogP contribution in [-0.4, -0.2) is 29.5 Å². The van der Waals surface area contributed by atoms with Gasteiger partial charge in [-0.15, -0.1) is 0 Å². The maximum absolute atomic E-state index is 11.9. The molecule has 0 bridgehead atoms. The molecule has 0 unspecified atom stereocenters. The third-order valence-corrected chi connectivity index (χ3v) is 4.11. The number of ether oxygens (including phenoxy) is 1. The summed E-state index contributed by atoms with van der Waals surface area (Å²) >= 11 is 5.14. The molecule has 1 saturated carbocycles. The van der Waals surface area contributed by atoms with Crippen molar-refractivity contribution in [1.29, 1.82) is 0 Å². The molecule has 2 amide bonds. The number of carbonyl (C=O) groups excluding carboxylic acids is 3. The molecule has 8 heteroatoms. The molecule has 2 rings (SSSR count). The first-order valence-electron chi connectivity index (χ1n) is 8.57. The average molecular weight is 377 g/mol. The maximum Gasteiger partial charge on any atom is 0.306 e. The van der Waals surface area contributed by atoms with Gasteiger partial charge in [-0.2, -0.15) is 0 Å². The van der Waals surface area contributed by atoms with E-state index in [1.807, 2.05) is 13.0 Å². The molecule has 0 spiro atoms. The number of amides is 2. The molecule has 0 heterocycles. The summed E-state index contributed by atoms with van der Waals surface area (Å²) in [7, 11) is 0. The van der Waals surface area contributed by atoms with Crippen LogP contribution in [0, 0.1) is 12.8 Å². The third-order valence-electron chi connectivity index (χ3n) is 3.90. The van der Waals surface area contributed by atoms with Crippen molar-refractivity contribution in [3.63, 3.8) is 0 Å². The summed E-state index contributed by atoms with van der Waals surface area (Å²) in [6, 6.07) is 5.42. The second kappa shape index (κ2) is 9.28. The fourth-order valence-electron chi connectivity index (χ4n) is 2.28. The highest BCUT2D eigenvalue weighted by atomic mass is 32.1. The Hall–Kier alpha value is -2.48. The number of thiocarbonyl (C=S) groups is 1. The fourth-order valence-corrected chi connectivity index (χ4v) is 2.50. The average Bonchev–Trinajstić information content (AvgIpc) is 3.42. The molecule has 0 radical (unpaired) electrons. The highest BCUT2D eigenvalue weighted by molar-refractivity contribution is 7.80. The fraction of sp³-hybridized carbons (Fsp3) is 0.444. The number of rotatable bonds is 7. The SMILES string of the molecule is CCOC(=O)CCC(=O)NC(=S)Nc1cccc(NC(=O)C2CC2)c1C. The van der Waals surface area contributed by atoms with Crippen LogP contribution >= 0.6 is 12.2 Å². The molecule has 1 fully saturated rings. The Kier molecular flexibility index (Phi) is 7.08. The first kappa shape index (κ1) is 19.8. The van der Waals surface area contributed by atoms with Crippen molar-refractivity contribution in [2.24, 2.45) is 5.92 Å². The Balaban J connectivity index is 1.87. The predicted molar refractivity (Wildman–Crippen MR) is 103 cm³/mol. The summed E-state index contributed by atoms with van der Waals surface area (Å²) in [5, 5.41) is 8.51. The highest BCUT2D eigenvalue weighted by Gasteiger charge is 2.29. The van der Waals surface area contributed by atoms with E-state index < -0.39 is 5.97 Å². The van der Waals surface area contributed by atoms with Crippen LogP contribution in [0.25, 0.3) is 0 Å². The molecule has 0 atom stereocenters. The van der Waals surface area contributed by atoms with Gasteiger partial charge in [0, 0.05) is 23.7 Å². The lowest BCUT2D eigenvalue weighted by atomic mass is 10.1. The van der Waals surface area contributed by atoms with Crippen LogP contribution in [0.1, 0.15) is 38.2 Å². The van der Waals surface area contributed by atoms with Gasteiger partial charge in [0.05, 0.1) is 13.0 Å². The van der Waals surface area contributed by atoms with Gasteiger partial charge < -0.3 is 20.7 Å². The Morgan fingerprint density at radius 1 is 1.15 bits per heavy atom. The van der Waals surface area contributed by atoms with E-state index >= 15 is 0 Å². The van der Waals surface area contributed by atoms with Crippen LogP contribution in [0.5, 0.6) is 0 Å². The molecule has 1 aromatic carbocycles. The molecule has 3 N–H and O–H groups in total. The van der Waals surface area contributed by atoms with Gasteiger partial charge >= 0.3 is 5.97 Å². The standard InChI is InChI=1S/C18H23N3O4S/c1-3-25-16(23)10-9-15(22)21-18(26)20-14-6-4-5-13(11(14)2)19-17(24)12-7-8-12/h4-6,12H,3,7-10H2,1-2H3,(H,19,24)(H2,20,21,22,26). The molecule has 7 nitrogen and oxygen atoms in total. The van der Waals surface area contributed by atoms with Crippen molar-refractivity contribution in [2.75, 3.05) is 17.2 Å².